The van der Waals surface area contributed by atoms with Gasteiger partial charge in [-0.1, -0.05) is 11.3 Å². The molecule has 0 saturated carbocycles. The van der Waals surface area contributed by atoms with Crippen molar-refractivity contribution in [3.05, 3.63) is 69.8 Å². The van der Waals surface area contributed by atoms with Gasteiger partial charge in [-0.05, 0) is 42.7 Å². The molecule has 0 fully saturated rings. The minimum absolute atomic E-state index is 0.305. The summed E-state index contributed by atoms with van der Waals surface area (Å²) in [6, 6.07) is 7.76. The molecule has 138 valence electrons. The molecule has 2 aromatic heterocycles. The number of carbonyl (C=O) groups is 1. The van der Waals surface area contributed by atoms with E-state index in [4.69, 9.17) is 5.26 Å². The molecule has 4 rings (SSSR count). The predicted molar refractivity (Wildman–Crippen MR) is 103 cm³/mol. The Morgan fingerprint density at radius 3 is 2.82 bits per heavy atom. The highest BCUT2D eigenvalue weighted by Crippen LogP contribution is 2.26. The number of hydrogen-bond acceptors (Lipinski definition) is 6. The van der Waals surface area contributed by atoms with Gasteiger partial charge < -0.3 is 5.32 Å². The highest BCUT2D eigenvalue weighted by molar-refractivity contribution is 6.14. The van der Waals surface area contributed by atoms with Crippen molar-refractivity contribution < 1.29 is 4.79 Å². The van der Waals surface area contributed by atoms with Gasteiger partial charge in [0, 0.05) is 24.5 Å². The largest absolute Gasteiger partial charge is 0.321 e. The van der Waals surface area contributed by atoms with E-state index in [1.54, 1.807) is 18.7 Å². The first-order valence-corrected chi connectivity index (χ1v) is 8.70. The zero-order valence-electron chi connectivity index (χ0n) is 15.7. The van der Waals surface area contributed by atoms with Gasteiger partial charge in [0.2, 0.25) is 0 Å². The van der Waals surface area contributed by atoms with E-state index in [1.165, 1.54) is 6.20 Å². The molecule has 0 radical (unpaired) electrons. The number of anilines is 1. The fraction of sp³-hybridized carbons (Fsp3) is 0.200. The standard InChI is InChI=1S/C20H17N7O/c1-11-12(2)18(22-9-14(11)7-21)20(28)24-15-5-4-13-8-23-19(16(13)6-15)17-10-27(3)26-25-17/h4-6,9-10H,8H2,1-3H3,(H,24,28). The number of hydrogen-bond donors (Lipinski definition) is 1. The average Bonchev–Trinajstić information content (AvgIpc) is 3.29. The molecule has 0 atom stereocenters. The molecule has 0 unspecified atom stereocenters. The number of pyridine rings is 1. The van der Waals surface area contributed by atoms with Gasteiger partial charge in [0.05, 0.1) is 24.0 Å². The lowest BCUT2D eigenvalue weighted by atomic mass is 10.0. The maximum atomic E-state index is 12.7. The van der Waals surface area contributed by atoms with Crippen LogP contribution in [0.15, 0.2) is 35.6 Å². The van der Waals surface area contributed by atoms with Crippen LogP contribution in [-0.4, -0.2) is 31.6 Å². The summed E-state index contributed by atoms with van der Waals surface area (Å²) in [5.74, 6) is -0.318. The molecule has 8 nitrogen and oxygen atoms in total. The molecule has 0 bridgehead atoms. The third-order valence-corrected chi connectivity index (χ3v) is 4.86. The topological polar surface area (TPSA) is 109 Å². The fourth-order valence-electron chi connectivity index (χ4n) is 3.17. The molecule has 1 N–H and O–H groups in total. The Hall–Kier alpha value is -3.86. The number of carbonyl (C=O) groups excluding carboxylic acids is 1. The molecule has 8 heteroatoms. The summed E-state index contributed by atoms with van der Waals surface area (Å²) in [6.45, 7) is 4.18. The Bertz CT molecular complexity index is 1180. The Morgan fingerprint density at radius 1 is 1.29 bits per heavy atom. The van der Waals surface area contributed by atoms with E-state index in [0.29, 0.717) is 34.7 Å². The number of aryl methyl sites for hydroxylation is 1. The third-order valence-electron chi connectivity index (χ3n) is 4.86. The number of aromatic nitrogens is 4. The van der Waals surface area contributed by atoms with Gasteiger partial charge in [0.1, 0.15) is 17.5 Å². The van der Waals surface area contributed by atoms with Crippen LogP contribution in [0.2, 0.25) is 0 Å². The molecular weight excluding hydrogens is 354 g/mol. The molecule has 3 heterocycles. The monoisotopic (exact) mass is 371 g/mol. The van der Waals surface area contributed by atoms with Gasteiger partial charge >= 0.3 is 0 Å². The summed E-state index contributed by atoms with van der Waals surface area (Å²) >= 11 is 0. The summed E-state index contributed by atoms with van der Waals surface area (Å²) in [6.07, 6.45) is 3.24. The Balaban J connectivity index is 1.62. The summed E-state index contributed by atoms with van der Waals surface area (Å²) < 4.78 is 1.63. The van der Waals surface area contributed by atoms with Gasteiger partial charge in [-0.2, -0.15) is 5.26 Å². The van der Waals surface area contributed by atoms with Crippen LogP contribution in [0.3, 0.4) is 0 Å². The molecule has 0 saturated heterocycles. The number of nitrogens with one attached hydrogen (secondary N) is 1. The molecule has 0 aliphatic carbocycles. The number of rotatable bonds is 3. The SMILES string of the molecule is Cc1c(C#N)cnc(C(=O)Nc2ccc3c(c2)C(c2cn(C)nn2)=NC3)c1C. The first-order valence-electron chi connectivity index (χ1n) is 8.70. The van der Waals surface area contributed by atoms with E-state index >= 15 is 0 Å². The van der Waals surface area contributed by atoms with Crippen LogP contribution >= 0.6 is 0 Å². The van der Waals surface area contributed by atoms with Gasteiger partial charge in [-0.3, -0.25) is 14.5 Å². The highest BCUT2D eigenvalue weighted by Gasteiger charge is 2.21. The lowest BCUT2D eigenvalue weighted by molar-refractivity contribution is 0.102. The quantitative estimate of drug-likeness (QED) is 0.760. The normalized spacial score (nSPS) is 12.3. The first kappa shape index (κ1) is 17.5. The van der Waals surface area contributed by atoms with Crippen LogP contribution in [0.1, 0.15) is 44.0 Å². The second-order valence-corrected chi connectivity index (χ2v) is 6.65. The van der Waals surface area contributed by atoms with Crippen molar-refractivity contribution in [2.45, 2.75) is 20.4 Å². The first-order chi connectivity index (χ1) is 13.5. The van der Waals surface area contributed by atoms with Crippen molar-refractivity contribution in [2.75, 3.05) is 5.32 Å². The number of nitrogens with zero attached hydrogens (tertiary/aromatic N) is 6. The summed E-state index contributed by atoms with van der Waals surface area (Å²) in [7, 11) is 1.80. The molecule has 1 aromatic carbocycles. The molecule has 3 aromatic rings. The van der Waals surface area contributed by atoms with Crippen molar-refractivity contribution in [2.24, 2.45) is 12.0 Å². The van der Waals surface area contributed by atoms with Crippen LogP contribution in [0.25, 0.3) is 0 Å². The van der Waals surface area contributed by atoms with Crippen LogP contribution in [0, 0.1) is 25.2 Å². The van der Waals surface area contributed by atoms with Crippen LogP contribution in [0.4, 0.5) is 5.69 Å². The molecule has 0 spiro atoms. The van der Waals surface area contributed by atoms with Crippen molar-refractivity contribution >= 4 is 17.3 Å². The maximum absolute atomic E-state index is 12.7. The Labute approximate surface area is 161 Å². The number of benzene rings is 1. The maximum Gasteiger partial charge on any atom is 0.274 e. The lowest BCUT2D eigenvalue weighted by Gasteiger charge is -2.11. The van der Waals surface area contributed by atoms with Gasteiger partial charge in [0.15, 0.2) is 0 Å². The summed E-state index contributed by atoms with van der Waals surface area (Å²) in [5, 5.41) is 20.1. The average molecular weight is 371 g/mol. The van der Waals surface area contributed by atoms with Crippen LogP contribution in [-0.2, 0) is 13.6 Å². The van der Waals surface area contributed by atoms with Crippen molar-refractivity contribution in [1.29, 1.82) is 5.26 Å². The van der Waals surface area contributed by atoms with Crippen LogP contribution < -0.4 is 5.32 Å². The van der Waals surface area contributed by atoms with Gasteiger partial charge in [0.25, 0.3) is 5.91 Å². The van der Waals surface area contributed by atoms with E-state index in [0.717, 1.165) is 22.4 Å². The van der Waals surface area contributed by atoms with E-state index < -0.39 is 0 Å². The third kappa shape index (κ3) is 2.93. The molecular formula is C20H17N7O. The Morgan fingerprint density at radius 2 is 2.11 bits per heavy atom. The predicted octanol–water partition coefficient (Wildman–Crippen LogP) is 2.30. The summed E-state index contributed by atoms with van der Waals surface area (Å²) in [4.78, 5) is 21.4. The number of fused-ring (bicyclic) bond motifs is 1. The number of nitriles is 1. The van der Waals surface area contributed by atoms with Crippen molar-refractivity contribution in [3.8, 4) is 6.07 Å². The van der Waals surface area contributed by atoms with Gasteiger partial charge in [-0.25, -0.2) is 4.98 Å². The van der Waals surface area contributed by atoms with E-state index in [-0.39, 0.29) is 5.91 Å². The highest BCUT2D eigenvalue weighted by atomic mass is 16.1. The summed E-state index contributed by atoms with van der Waals surface area (Å²) in [5.41, 5.74) is 6.34. The molecule has 1 aliphatic rings. The zero-order valence-corrected chi connectivity index (χ0v) is 15.7. The zero-order chi connectivity index (χ0) is 19.8. The molecule has 1 amide bonds. The second-order valence-electron chi connectivity index (χ2n) is 6.65. The van der Waals surface area contributed by atoms with Crippen LogP contribution in [0.5, 0.6) is 0 Å². The van der Waals surface area contributed by atoms with E-state index in [9.17, 15) is 4.79 Å². The fourth-order valence-corrected chi connectivity index (χ4v) is 3.17. The minimum atomic E-state index is -0.318. The van der Waals surface area contributed by atoms with Gasteiger partial charge in [-0.15, -0.1) is 5.10 Å². The molecule has 28 heavy (non-hydrogen) atoms. The van der Waals surface area contributed by atoms with E-state index in [2.05, 4.69) is 31.7 Å². The number of amides is 1. The number of aliphatic imine (C=N–C) groups is 1. The minimum Gasteiger partial charge on any atom is -0.321 e. The Kier molecular flexibility index (Phi) is 4.20. The van der Waals surface area contributed by atoms with Crippen molar-refractivity contribution in [1.82, 2.24) is 20.0 Å². The van der Waals surface area contributed by atoms with E-state index in [1.807, 2.05) is 31.3 Å². The molecule has 1 aliphatic heterocycles. The second kappa shape index (κ2) is 6.70. The smallest absolute Gasteiger partial charge is 0.274 e. The lowest BCUT2D eigenvalue weighted by Crippen LogP contribution is -2.17. The van der Waals surface area contributed by atoms with Crippen molar-refractivity contribution in [3.63, 3.8) is 0 Å².